The van der Waals surface area contributed by atoms with Gasteiger partial charge in [0.05, 0.1) is 13.2 Å². The second-order valence-corrected chi connectivity index (χ2v) is 5.20. The maximum absolute atomic E-state index is 11.5. The summed E-state index contributed by atoms with van der Waals surface area (Å²) in [5.41, 5.74) is 0. The lowest BCUT2D eigenvalue weighted by Crippen LogP contribution is -1.97. The van der Waals surface area contributed by atoms with E-state index < -0.39 is 7.60 Å². The molecule has 0 amide bonds. The Morgan fingerprint density at radius 1 is 1.00 bits per heavy atom. The summed E-state index contributed by atoms with van der Waals surface area (Å²) in [6.07, 6.45) is 4.10. The number of hydrogen-bond donors (Lipinski definition) is 0. The predicted molar refractivity (Wildman–Crippen MR) is 55.3 cm³/mol. The molecular weight excluding hydrogens is 187 g/mol. The van der Waals surface area contributed by atoms with Crippen molar-refractivity contribution in [3.05, 3.63) is 0 Å². The minimum atomic E-state index is -2.75. The summed E-state index contributed by atoms with van der Waals surface area (Å²) in [5.74, 6) is 0. The number of rotatable bonds is 8. The minimum absolute atomic E-state index is 0.515. The van der Waals surface area contributed by atoms with Gasteiger partial charge in [-0.15, -0.1) is 0 Å². The normalized spacial score (nSPS) is 15.6. The van der Waals surface area contributed by atoms with Crippen LogP contribution in [0.4, 0.5) is 0 Å². The van der Waals surface area contributed by atoms with E-state index in [1.165, 1.54) is 6.66 Å². The molecule has 0 aliphatic carbocycles. The molecule has 13 heavy (non-hydrogen) atoms. The summed E-state index contributed by atoms with van der Waals surface area (Å²) < 4.78 is 21.8. The molecule has 0 N–H and O–H groups in total. The molecular formula is C9H21O3P. The zero-order chi connectivity index (χ0) is 10.2. The molecule has 0 radical (unpaired) electrons. The predicted octanol–water partition coefficient (Wildman–Crippen LogP) is 3.44. The standard InChI is InChI=1S/C9H21O3P/c1-4-6-7-9-12-13(3,10)11-8-5-2/h4-9H2,1-3H3. The van der Waals surface area contributed by atoms with Crippen LogP contribution in [0.2, 0.25) is 0 Å². The Morgan fingerprint density at radius 2 is 1.62 bits per heavy atom. The van der Waals surface area contributed by atoms with Crippen LogP contribution in [0.3, 0.4) is 0 Å². The monoisotopic (exact) mass is 208 g/mol. The van der Waals surface area contributed by atoms with Gasteiger partial charge in [-0.25, -0.2) is 0 Å². The molecule has 0 fully saturated rings. The lowest BCUT2D eigenvalue weighted by Gasteiger charge is -2.13. The smallest absolute Gasteiger partial charge is 0.309 e. The van der Waals surface area contributed by atoms with Gasteiger partial charge < -0.3 is 9.05 Å². The van der Waals surface area contributed by atoms with Crippen molar-refractivity contribution < 1.29 is 13.6 Å². The molecule has 0 spiro atoms. The van der Waals surface area contributed by atoms with Gasteiger partial charge >= 0.3 is 7.60 Å². The molecule has 4 heteroatoms. The molecule has 0 saturated heterocycles. The van der Waals surface area contributed by atoms with E-state index in [0.29, 0.717) is 13.2 Å². The molecule has 80 valence electrons. The highest BCUT2D eigenvalue weighted by Crippen LogP contribution is 2.43. The van der Waals surface area contributed by atoms with Gasteiger partial charge in [-0.2, -0.15) is 0 Å². The summed E-state index contributed by atoms with van der Waals surface area (Å²) in [7, 11) is -2.75. The summed E-state index contributed by atoms with van der Waals surface area (Å²) in [6, 6.07) is 0. The molecule has 0 aliphatic heterocycles. The highest BCUT2D eigenvalue weighted by Gasteiger charge is 2.15. The average Bonchev–Trinajstić information content (AvgIpc) is 2.09. The topological polar surface area (TPSA) is 35.5 Å². The Balaban J connectivity index is 3.45. The van der Waals surface area contributed by atoms with E-state index in [1.807, 2.05) is 6.92 Å². The number of unbranched alkanes of at least 4 members (excludes halogenated alkanes) is 2. The first kappa shape index (κ1) is 13.2. The fourth-order valence-corrected chi connectivity index (χ4v) is 1.93. The van der Waals surface area contributed by atoms with E-state index >= 15 is 0 Å². The van der Waals surface area contributed by atoms with Crippen molar-refractivity contribution in [1.29, 1.82) is 0 Å². The Morgan fingerprint density at radius 3 is 2.15 bits per heavy atom. The van der Waals surface area contributed by atoms with E-state index in [1.54, 1.807) is 0 Å². The van der Waals surface area contributed by atoms with Crippen LogP contribution in [0.15, 0.2) is 0 Å². The lowest BCUT2D eigenvalue weighted by molar-refractivity contribution is 0.206. The SMILES string of the molecule is CCCCCOP(C)(=O)OCCC. The van der Waals surface area contributed by atoms with Gasteiger partial charge in [0, 0.05) is 6.66 Å². The third kappa shape index (κ3) is 8.48. The van der Waals surface area contributed by atoms with Crippen LogP contribution in [0.1, 0.15) is 39.5 Å². The molecule has 1 unspecified atom stereocenters. The average molecular weight is 208 g/mol. The molecule has 0 aromatic rings. The maximum Gasteiger partial charge on any atom is 0.327 e. The first-order valence-corrected chi connectivity index (χ1v) is 6.98. The molecule has 0 aromatic carbocycles. The fraction of sp³-hybridized carbons (Fsp3) is 1.00. The zero-order valence-corrected chi connectivity index (χ0v) is 9.81. The Kier molecular flexibility index (Phi) is 7.63. The molecule has 0 bridgehead atoms. The first-order chi connectivity index (χ1) is 6.12. The van der Waals surface area contributed by atoms with Gasteiger partial charge in [-0.3, -0.25) is 4.57 Å². The van der Waals surface area contributed by atoms with Crippen LogP contribution >= 0.6 is 7.60 Å². The second-order valence-electron chi connectivity index (χ2n) is 3.14. The van der Waals surface area contributed by atoms with Crippen LogP contribution in [-0.4, -0.2) is 19.9 Å². The quantitative estimate of drug-likeness (QED) is 0.452. The van der Waals surface area contributed by atoms with Crippen LogP contribution in [0, 0.1) is 0 Å². The fourth-order valence-electron chi connectivity index (χ4n) is 0.877. The van der Waals surface area contributed by atoms with Crippen LogP contribution in [0.25, 0.3) is 0 Å². The Bertz CT molecular complexity index is 159. The van der Waals surface area contributed by atoms with Crippen LogP contribution in [-0.2, 0) is 13.6 Å². The van der Waals surface area contributed by atoms with Crippen LogP contribution in [0.5, 0.6) is 0 Å². The molecule has 0 rings (SSSR count). The second kappa shape index (κ2) is 7.54. The molecule has 0 aromatic heterocycles. The van der Waals surface area contributed by atoms with Gasteiger partial charge in [0.1, 0.15) is 0 Å². The van der Waals surface area contributed by atoms with Crippen LogP contribution < -0.4 is 0 Å². The van der Waals surface area contributed by atoms with Crippen molar-refractivity contribution in [2.24, 2.45) is 0 Å². The minimum Gasteiger partial charge on any atom is -0.309 e. The summed E-state index contributed by atoms with van der Waals surface area (Å²) >= 11 is 0. The molecule has 0 aliphatic rings. The molecule has 3 nitrogen and oxygen atoms in total. The van der Waals surface area contributed by atoms with E-state index in [2.05, 4.69) is 6.92 Å². The third-order valence-electron chi connectivity index (χ3n) is 1.60. The van der Waals surface area contributed by atoms with Gasteiger partial charge in [0.2, 0.25) is 0 Å². The van der Waals surface area contributed by atoms with E-state index in [4.69, 9.17) is 9.05 Å². The zero-order valence-electron chi connectivity index (χ0n) is 8.91. The van der Waals surface area contributed by atoms with Crippen molar-refractivity contribution in [2.75, 3.05) is 19.9 Å². The molecule has 1 atom stereocenters. The van der Waals surface area contributed by atoms with Crippen molar-refractivity contribution in [3.8, 4) is 0 Å². The largest absolute Gasteiger partial charge is 0.327 e. The van der Waals surface area contributed by atoms with E-state index in [9.17, 15) is 4.57 Å². The van der Waals surface area contributed by atoms with Crippen molar-refractivity contribution in [3.63, 3.8) is 0 Å². The van der Waals surface area contributed by atoms with Gasteiger partial charge in [0.25, 0.3) is 0 Å². The third-order valence-corrected chi connectivity index (χ3v) is 2.91. The van der Waals surface area contributed by atoms with E-state index in [0.717, 1.165) is 25.7 Å². The first-order valence-electron chi connectivity index (χ1n) is 4.99. The summed E-state index contributed by atoms with van der Waals surface area (Å²) in [4.78, 5) is 0. The van der Waals surface area contributed by atoms with Crippen molar-refractivity contribution >= 4 is 7.60 Å². The van der Waals surface area contributed by atoms with E-state index in [-0.39, 0.29) is 0 Å². The molecule has 0 heterocycles. The highest BCUT2D eigenvalue weighted by molar-refractivity contribution is 7.52. The van der Waals surface area contributed by atoms with Crippen molar-refractivity contribution in [2.45, 2.75) is 39.5 Å². The van der Waals surface area contributed by atoms with Gasteiger partial charge in [0.15, 0.2) is 0 Å². The summed E-state index contributed by atoms with van der Waals surface area (Å²) in [6.45, 7) is 6.71. The van der Waals surface area contributed by atoms with Gasteiger partial charge in [-0.05, 0) is 12.8 Å². The summed E-state index contributed by atoms with van der Waals surface area (Å²) in [5, 5.41) is 0. The lowest BCUT2D eigenvalue weighted by atomic mass is 10.3. The number of hydrogen-bond acceptors (Lipinski definition) is 3. The molecule has 0 saturated carbocycles. The maximum atomic E-state index is 11.5. The Hall–Kier alpha value is 0.150. The highest BCUT2D eigenvalue weighted by atomic mass is 31.2. The van der Waals surface area contributed by atoms with Crippen molar-refractivity contribution in [1.82, 2.24) is 0 Å². The van der Waals surface area contributed by atoms with Gasteiger partial charge in [-0.1, -0.05) is 26.7 Å². The Labute approximate surface area is 81.3 Å².